The zero-order valence-corrected chi connectivity index (χ0v) is 9.54. The van der Waals surface area contributed by atoms with Crippen molar-refractivity contribution in [1.82, 2.24) is 0 Å². The molecule has 0 aromatic heterocycles. The van der Waals surface area contributed by atoms with Crippen LogP contribution in [0.4, 0.5) is 0 Å². The Kier molecular flexibility index (Phi) is 7.95. The van der Waals surface area contributed by atoms with Crippen LogP contribution in [0.3, 0.4) is 0 Å². The molecule has 0 atom stereocenters. The SMILES string of the molecule is CCOC.CCOc1ccc(C)cc1. The van der Waals surface area contributed by atoms with Crippen LogP contribution in [0, 0.1) is 6.92 Å². The normalized spacial score (nSPS) is 8.86. The lowest BCUT2D eigenvalue weighted by Crippen LogP contribution is -1.90. The third kappa shape index (κ3) is 6.49. The van der Waals surface area contributed by atoms with E-state index in [9.17, 15) is 0 Å². The topological polar surface area (TPSA) is 18.5 Å². The van der Waals surface area contributed by atoms with E-state index in [4.69, 9.17) is 4.74 Å². The summed E-state index contributed by atoms with van der Waals surface area (Å²) in [7, 11) is 1.68. The summed E-state index contributed by atoms with van der Waals surface area (Å²) in [5, 5.41) is 0. The Labute approximate surface area is 86.9 Å². The Morgan fingerprint density at radius 3 is 1.86 bits per heavy atom. The highest BCUT2D eigenvalue weighted by Crippen LogP contribution is 2.10. The van der Waals surface area contributed by atoms with Crippen molar-refractivity contribution < 1.29 is 9.47 Å². The summed E-state index contributed by atoms with van der Waals surface area (Å²) in [6.07, 6.45) is 0. The Bertz CT molecular complexity index is 214. The van der Waals surface area contributed by atoms with Crippen LogP contribution in [0.15, 0.2) is 24.3 Å². The molecule has 0 N–H and O–H groups in total. The average molecular weight is 196 g/mol. The molecule has 80 valence electrons. The Morgan fingerprint density at radius 2 is 1.50 bits per heavy atom. The second kappa shape index (κ2) is 8.57. The molecule has 0 aliphatic rings. The summed E-state index contributed by atoms with van der Waals surface area (Å²) in [4.78, 5) is 0. The standard InChI is InChI=1S/C9H12O.C3H8O/c1-3-10-9-6-4-8(2)5-7-9;1-3-4-2/h4-7H,3H2,1-2H3;3H2,1-2H3. The quantitative estimate of drug-likeness (QED) is 0.739. The Morgan fingerprint density at radius 1 is 1.00 bits per heavy atom. The molecule has 0 bridgehead atoms. The second-order valence-electron chi connectivity index (χ2n) is 2.82. The minimum Gasteiger partial charge on any atom is -0.494 e. The summed E-state index contributed by atoms with van der Waals surface area (Å²) in [5.74, 6) is 0.952. The number of aryl methyl sites for hydroxylation is 1. The van der Waals surface area contributed by atoms with Gasteiger partial charge in [-0.2, -0.15) is 0 Å². The molecule has 0 amide bonds. The lowest BCUT2D eigenvalue weighted by molar-refractivity contribution is 0.215. The van der Waals surface area contributed by atoms with Crippen LogP contribution in [0.1, 0.15) is 19.4 Å². The molecular weight excluding hydrogens is 176 g/mol. The predicted molar refractivity (Wildman–Crippen MR) is 59.9 cm³/mol. The van der Waals surface area contributed by atoms with Gasteiger partial charge in [0.1, 0.15) is 5.75 Å². The first-order valence-corrected chi connectivity index (χ1v) is 4.93. The third-order valence-corrected chi connectivity index (χ3v) is 1.62. The molecule has 0 aliphatic carbocycles. The minimum atomic E-state index is 0.739. The van der Waals surface area contributed by atoms with Gasteiger partial charge in [-0.1, -0.05) is 17.7 Å². The monoisotopic (exact) mass is 196 g/mol. The fraction of sp³-hybridized carbons (Fsp3) is 0.500. The van der Waals surface area contributed by atoms with Crippen LogP contribution >= 0.6 is 0 Å². The lowest BCUT2D eigenvalue weighted by Gasteiger charge is -2.01. The van der Waals surface area contributed by atoms with E-state index >= 15 is 0 Å². The number of hydrogen-bond acceptors (Lipinski definition) is 2. The number of ether oxygens (including phenoxy) is 2. The first kappa shape index (κ1) is 13.0. The zero-order valence-electron chi connectivity index (χ0n) is 9.54. The van der Waals surface area contributed by atoms with Crippen LogP contribution in [0.2, 0.25) is 0 Å². The molecule has 0 unspecified atom stereocenters. The maximum atomic E-state index is 5.26. The van der Waals surface area contributed by atoms with Crippen molar-refractivity contribution in [3.05, 3.63) is 29.8 Å². The van der Waals surface area contributed by atoms with Crippen LogP contribution in [0.5, 0.6) is 5.75 Å². The molecule has 2 heteroatoms. The van der Waals surface area contributed by atoms with Crippen molar-refractivity contribution in [2.45, 2.75) is 20.8 Å². The van der Waals surface area contributed by atoms with Gasteiger partial charge < -0.3 is 9.47 Å². The van der Waals surface area contributed by atoms with Crippen LogP contribution < -0.4 is 4.74 Å². The Balaban J connectivity index is 0.000000364. The van der Waals surface area contributed by atoms with Gasteiger partial charge in [-0.25, -0.2) is 0 Å². The molecule has 0 saturated carbocycles. The van der Waals surface area contributed by atoms with Gasteiger partial charge in [-0.3, -0.25) is 0 Å². The highest BCUT2D eigenvalue weighted by molar-refractivity contribution is 5.26. The predicted octanol–water partition coefficient (Wildman–Crippen LogP) is 3.05. The van der Waals surface area contributed by atoms with Gasteiger partial charge in [-0.05, 0) is 32.9 Å². The molecular formula is C12H20O2. The van der Waals surface area contributed by atoms with E-state index in [-0.39, 0.29) is 0 Å². The fourth-order valence-corrected chi connectivity index (χ4v) is 0.801. The molecule has 1 aromatic carbocycles. The number of hydrogen-bond donors (Lipinski definition) is 0. The highest BCUT2D eigenvalue weighted by Gasteiger charge is 1.87. The van der Waals surface area contributed by atoms with Crippen molar-refractivity contribution in [2.75, 3.05) is 20.3 Å². The van der Waals surface area contributed by atoms with Crippen molar-refractivity contribution in [3.8, 4) is 5.75 Å². The first-order chi connectivity index (χ1) is 6.74. The van der Waals surface area contributed by atoms with Gasteiger partial charge in [0.25, 0.3) is 0 Å². The zero-order chi connectivity index (χ0) is 10.8. The summed E-state index contributed by atoms with van der Waals surface area (Å²) < 4.78 is 9.80. The number of benzene rings is 1. The van der Waals surface area contributed by atoms with Gasteiger partial charge in [0.2, 0.25) is 0 Å². The summed E-state index contributed by atoms with van der Waals surface area (Å²) >= 11 is 0. The van der Waals surface area contributed by atoms with Crippen LogP contribution in [0.25, 0.3) is 0 Å². The van der Waals surface area contributed by atoms with E-state index in [2.05, 4.69) is 11.7 Å². The molecule has 0 spiro atoms. The van der Waals surface area contributed by atoms with Crippen molar-refractivity contribution >= 4 is 0 Å². The summed E-state index contributed by atoms with van der Waals surface area (Å²) in [6, 6.07) is 8.06. The summed E-state index contributed by atoms with van der Waals surface area (Å²) in [5.41, 5.74) is 1.27. The number of methoxy groups -OCH3 is 1. The van der Waals surface area contributed by atoms with E-state index in [1.165, 1.54) is 5.56 Å². The summed E-state index contributed by atoms with van der Waals surface area (Å²) in [6.45, 7) is 7.57. The molecule has 0 aliphatic heterocycles. The van der Waals surface area contributed by atoms with E-state index in [0.717, 1.165) is 19.0 Å². The largest absolute Gasteiger partial charge is 0.494 e. The van der Waals surface area contributed by atoms with Gasteiger partial charge >= 0.3 is 0 Å². The number of rotatable bonds is 3. The van der Waals surface area contributed by atoms with Crippen molar-refractivity contribution in [3.63, 3.8) is 0 Å². The maximum Gasteiger partial charge on any atom is 0.119 e. The van der Waals surface area contributed by atoms with Crippen molar-refractivity contribution in [1.29, 1.82) is 0 Å². The highest BCUT2D eigenvalue weighted by atomic mass is 16.5. The van der Waals surface area contributed by atoms with E-state index < -0.39 is 0 Å². The minimum absolute atomic E-state index is 0.739. The van der Waals surface area contributed by atoms with Gasteiger partial charge in [0.15, 0.2) is 0 Å². The molecule has 2 nitrogen and oxygen atoms in total. The van der Waals surface area contributed by atoms with Gasteiger partial charge in [0.05, 0.1) is 6.61 Å². The van der Waals surface area contributed by atoms with Crippen molar-refractivity contribution in [2.24, 2.45) is 0 Å². The van der Waals surface area contributed by atoms with Crippen LogP contribution in [-0.4, -0.2) is 20.3 Å². The van der Waals surface area contributed by atoms with E-state index in [1.807, 2.05) is 38.1 Å². The smallest absolute Gasteiger partial charge is 0.119 e. The van der Waals surface area contributed by atoms with E-state index in [1.54, 1.807) is 7.11 Å². The van der Waals surface area contributed by atoms with Crippen LogP contribution in [-0.2, 0) is 4.74 Å². The fourth-order valence-electron chi connectivity index (χ4n) is 0.801. The molecule has 0 saturated heterocycles. The molecule has 0 heterocycles. The first-order valence-electron chi connectivity index (χ1n) is 4.93. The van der Waals surface area contributed by atoms with Gasteiger partial charge in [-0.15, -0.1) is 0 Å². The molecule has 0 fully saturated rings. The average Bonchev–Trinajstić information content (AvgIpc) is 2.22. The maximum absolute atomic E-state index is 5.26. The van der Waals surface area contributed by atoms with E-state index in [0.29, 0.717) is 0 Å². The Hall–Kier alpha value is -1.02. The molecule has 0 radical (unpaired) electrons. The molecule has 1 rings (SSSR count). The lowest BCUT2D eigenvalue weighted by atomic mass is 10.2. The molecule has 1 aromatic rings. The molecule has 14 heavy (non-hydrogen) atoms. The second-order valence-corrected chi connectivity index (χ2v) is 2.82. The third-order valence-electron chi connectivity index (χ3n) is 1.62. The van der Waals surface area contributed by atoms with Gasteiger partial charge in [0, 0.05) is 13.7 Å².